The fraction of sp³-hybridized carbons (Fsp3) is 0.263. The van der Waals surface area contributed by atoms with Crippen LogP contribution in [0.4, 0.5) is 0 Å². The molecule has 6 heteroatoms. The molecule has 0 aliphatic carbocycles. The molecule has 134 valence electrons. The van der Waals surface area contributed by atoms with Gasteiger partial charge < -0.3 is 9.47 Å². The first-order chi connectivity index (χ1) is 12.0. The van der Waals surface area contributed by atoms with Gasteiger partial charge in [-0.2, -0.15) is 4.31 Å². The van der Waals surface area contributed by atoms with Crippen LogP contribution in [-0.4, -0.2) is 32.7 Å². The summed E-state index contributed by atoms with van der Waals surface area (Å²) in [4.78, 5) is 0. The maximum atomic E-state index is 12.6. The van der Waals surface area contributed by atoms with Crippen LogP contribution in [0.25, 0.3) is 0 Å². The Kier molecular flexibility index (Phi) is 6.61. The molecule has 0 heterocycles. The number of rotatable bonds is 9. The van der Waals surface area contributed by atoms with Crippen LogP contribution in [0.15, 0.2) is 61.2 Å². The molecule has 0 saturated carbocycles. The van der Waals surface area contributed by atoms with Crippen LogP contribution in [0, 0.1) is 0 Å². The Bertz CT molecular complexity index is 734. The molecule has 5 nitrogen and oxygen atoms in total. The van der Waals surface area contributed by atoms with Crippen LogP contribution in [0.5, 0.6) is 11.5 Å². The van der Waals surface area contributed by atoms with Gasteiger partial charge in [-0.1, -0.05) is 30.3 Å². The summed E-state index contributed by atoms with van der Waals surface area (Å²) in [6.45, 7) is 4.12. The number of benzene rings is 2. The number of sulfonamides is 1. The van der Waals surface area contributed by atoms with E-state index in [0.717, 1.165) is 22.6 Å². The average Bonchev–Trinajstić information content (AvgIpc) is 2.62. The molecule has 0 bridgehead atoms. The van der Waals surface area contributed by atoms with Crippen LogP contribution >= 0.6 is 0 Å². The Balaban J connectivity index is 2.23. The van der Waals surface area contributed by atoms with Crippen molar-refractivity contribution in [3.63, 3.8) is 0 Å². The minimum Gasteiger partial charge on any atom is -0.497 e. The van der Waals surface area contributed by atoms with Gasteiger partial charge in [-0.15, -0.1) is 6.58 Å². The fourth-order valence-electron chi connectivity index (χ4n) is 2.38. The van der Waals surface area contributed by atoms with E-state index in [1.807, 2.05) is 48.5 Å². The van der Waals surface area contributed by atoms with Crippen LogP contribution in [0.1, 0.15) is 11.1 Å². The Hall–Kier alpha value is -2.31. The summed E-state index contributed by atoms with van der Waals surface area (Å²) in [6, 6.07) is 14.7. The van der Waals surface area contributed by atoms with Crippen molar-refractivity contribution in [1.29, 1.82) is 0 Å². The molecule has 2 aromatic carbocycles. The molecule has 0 aliphatic rings. The molecule has 0 radical (unpaired) electrons. The standard InChI is InChI=1S/C19H23NO4S/c1-4-13-25(21,22)20(14-16-5-9-18(23-2)10-6-16)15-17-7-11-19(24-3)12-8-17/h4-12H,1,13-15H2,2-3H3. The van der Waals surface area contributed by atoms with Crippen molar-refractivity contribution in [3.05, 3.63) is 72.3 Å². The SMILES string of the molecule is C=CCS(=O)(=O)N(Cc1ccc(OC)cc1)Cc1ccc(OC)cc1. The first-order valence-electron chi connectivity index (χ1n) is 7.83. The zero-order valence-electron chi connectivity index (χ0n) is 14.5. The van der Waals surface area contributed by atoms with Crippen LogP contribution < -0.4 is 9.47 Å². The summed E-state index contributed by atoms with van der Waals surface area (Å²) in [5.74, 6) is 1.37. The summed E-state index contributed by atoms with van der Waals surface area (Å²) in [5, 5.41) is 0. The van der Waals surface area contributed by atoms with Gasteiger partial charge in [-0.3, -0.25) is 0 Å². The number of hydrogen-bond donors (Lipinski definition) is 0. The third-order valence-electron chi connectivity index (χ3n) is 3.76. The number of ether oxygens (including phenoxy) is 2. The molecule has 0 unspecified atom stereocenters. The summed E-state index contributed by atoms with van der Waals surface area (Å²) in [7, 11) is -0.254. The highest BCUT2D eigenvalue weighted by Gasteiger charge is 2.21. The molecule has 0 aliphatic heterocycles. The number of hydrogen-bond acceptors (Lipinski definition) is 4. The highest BCUT2D eigenvalue weighted by atomic mass is 32.2. The van der Waals surface area contributed by atoms with E-state index in [2.05, 4.69) is 6.58 Å². The van der Waals surface area contributed by atoms with E-state index < -0.39 is 10.0 Å². The highest BCUT2D eigenvalue weighted by Crippen LogP contribution is 2.19. The van der Waals surface area contributed by atoms with E-state index in [4.69, 9.17) is 9.47 Å². The molecule has 0 saturated heterocycles. The molecule has 2 aromatic rings. The Morgan fingerprint density at radius 1 is 0.880 bits per heavy atom. The monoisotopic (exact) mass is 361 g/mol. The van der Waals surface area contributed by atoms with Gasteiger partial charge in [-0.05, 0) is 35.4 Å². The van der Waals surface area contributed by atoms with Crippen molar-refractivity contribution in [3.8, 4) is 11.5 Å². The molecule has 0 aromatic heterocycles. The normalized spacial score (nSPS) is 11.3. The quantitative estimate of drug-likeness (QED) is 0.644. The Morgan fingerprint density at radius 3 is 1.60 bits per heavy atom. The second kappa shape index (κ2) is 8.69. The average molecular weight is 361 g/mol. The lowest BCUT2D eigenvalue weighted by Crippen LogP contribution is -2.31. The summed E-state index contributed by atoms with van der Waals surface area (Å²) in [5.41, 5.74) is 1.78. The zero-order chi connectivity index (χ0) is 18.3. The van der Waals surface area contributed by atoms with Crippen LogP contribution in [-0.2, 0) is 23.1 Å². The number of nitrogens with zero attached hydrogens (tertiary/aromatic N) is 1. The predicted molar refractivity (Wildman–Crippen MR) is 99.2 cm³/mol. The van der Waals surface area contributed by atoms with E-state index in [0.29, 0.717) is 0 Å². The summed E-state index contributed by atoms with van der Waals surface area (Å²) < 4.78 is 36.9. The first kappa shape index (κ1) is 19.0. The van der Waals surface area contributed by atoms with Gasteiger partial charge in [0.15, 0.2) is 0 Å². The molecule has 0 fully saturated rings. The van der Waals surface area contributed by atoms with Gasteiger partial charge in [0.2, 0.25) is 10.0 Å². The molecule has 25 heavy (non-hydrogen) atoms. The van der Waals surface area contributed by atoms with Crippen LogP contribution in [0.2, 0.25) is 0 Å². The third-order valence-corrected chi connectivity index (χ3v) is 5.46. The van der Waals surface area contributed by atoms with E-state index >= 15 is 0 Å². The minimum absolute atomic E-state index is 0.0979. The van der Waals surface area contributed by atoms with E-state index in [1.165, 1.54) is 10.4 Å². The molecular formula is C19H23NO4S. The van der Waals surface area contributed by atoms with Crippen molar-refractivity contribution in [2.75, 3.05) is 20.0 Å². The van der Waals surface area contributed by atoms with E-state index in [9.17, 15) is 8.42 Å². The first-order valence-corrected chi connectivity index (χ1v) is 9.44. The van der Waals surface area contributed by atoms with E-state index in [-0.39, 0.29) is 18.8 Å². The van der Waals surface area contributed by atoms with Gasteiger partial charge in [-0.25, -0.2) is 8.42 Å². The highest BCUT2D eigenvalue weighted by molar-refractivity contribution is 7.89. The Labute approximate surface area is 149 Å². The van der Waals surface area contributed by atoms with Crippen molar-refractivity contribution >= 4 is 10.0 Å². The van der Waals surface area contributed by atoms with Gasteiger partial charge in [0.1, 0.15) is 11.5 Å². The molecule has 0 atom stereocenters. The molecule has 0 amide bonds. The maximum Gasteiger partial charge on any atom is 0.218 e. The smallest absolute Gasteiger partial charge is 0.218 e. The molecule has 0 spiro atoms. The lowest BCUT2D eigenvalue weighted by atomic mass is 10.2. The maximum absolute atomic E-state index is 12.6. The van der Waals surface area contributed by atoms with E-state index in [1.54, 1.807) is 14.2 Å². The van der Waals surface area contributed by atoms with Gasteiger partial charge >= 0.3 is 0 Å². The summed E-state index contributed by atoms with van der Waals surface area (Å²) in [6.07, 6.45) is 1.41. The predicted octanol–water partition coefficient (Wildman–Crippen LogP) is 3.22. The van der Waals surface area contributed by atoms with Gasteiger partial charge in [0.25, 0.3) is 0 Å². The molecule has 2 rings (SSSR count). The fourth-order valence-corrected chi connectivity index (χ4v) is 3.58. The zero-order valence-corrected chi connectivity index (χ0v) is 15.3. The second-order valence-corrected chi connectivity index (χ2v) is 7.54. The topological polar surface area (TPSA) is 55.8 Å². The molecule has 0 N–H and O–H groups in total. The van der Waals surface area contributed by atoms with Crippen molar-refractivity contribution in [1.82, 2.24) is 4.31 Å². The Morgan fingerprint density at radius 2 is 1.28 bits per heavy atom. The van der Waals surface area contributed by atoms with Crippen molar-refractivity contribution in [2.45, 2.75) is 13.1 Å². The summed E-state index contributed by atoms with van der Waals surface area (Å²) >= 11 is 0. The third kappa shape index (κ3) is 5.34. The lowest BCUT2D eigenvalue weighted by Gasteiger charge is -2.22. The van der Waals surface area contributed by atoms with Crippen LogP contribution in [0.3, 0.4) is 0 Å². The minimum atomic E-state index is -3.45. The lowest BCUT2D eigenvalue weighted by molar-refractivity contribution is 0.399. The largest absolute Gasteiger partial charge is 0.497 e. The second-order valence-electron chi connectivity index (χ2n) is 5.53. The number of methoxy groups -OCH3 is 2. The van der Waals surface area contributed by atoms with Crippen molar-refractivity contribution in [2.24, 2.45) is 0 Å². The van der Waals surface area contributed by atoms with Gasteiger partial charge in [0, 0.05) is 13.1 Å². The molecular weight excluding hydrogens is 338 g/mol. The van der Waals surface area contributed by atoms with Crippen molar-refractivity contribution < 1.29 is 17.9 Å². The van der Waals surface area contributed by atoms with Gasteiger partial charge in [0.05, 0.1) is 20.0 Å².